The quantitative estimate of drug-likeness (QED) is 0.796. The highest BCUT2D eigenvalue weighted by Gasteiger charge is 2.06. The zero-order chi connectivity index (χ0) is 13.7. The molecule has 2 aromatic rings. The highest BCUT2D eigenvalue weighted by Crippen LogP contribution is 2.23. The van der Waals surface area contributed by atoms with Crippen LogP contribution in [0, 0.1) is 5.82 Å². The molecule has 0 aliphatic heterocycles. The number of aromatic amines is 1. The number of hydrogen-bond acceptors (Lipinski definition) is 2. The van der Waals surface area contributed by atoms with Crippen LogP contribution in [0.25, 0.3) is 11.3 Å². The van der Waals surface area contributed by atoms with Crippen LogP contribution in [-0.4, -0.2) is 16.5 Å². The van der Waals surface area contributed by atoms with Crippen molar-refractivity contribution < 1.29 is 4.39 Å². The number of halogens is 2. The van der Waals surface area contributed by atoms with E-state index in [9.17, 15) is 4.39 Å². The first-order valence-electron chi connectivity index (χ1n) is 6.40. The highest BCUT2D eigenvalue weighted by atomic mass is 35.5. The molecule has 0 saturated carbocycles. The van der Waals surface area contributed by atoms with Gasteiger partial charge in [-0.3, -0.25) is 0 Å². The van der Waals surface area contributed by atoms with Gasteiger partial charge in [-0.1, -0.05) is 18.0 Å². The maximum absolute atomic E-state index is 13.1. The predicted octanol–water partition coefficient (Wildman–Crippen LogP) is 3.54. The Kier molecular flexibility index (Phi) is 4.93. The van der Waals surface area contributed by atoms with Gasteiger partial charge in [-0.2, -0.15) is 0 Å². The minimum absolute atomic E-state index is 0.122. The Balaban J connectivity index is 2.01. The van der Waals surface area contributed by atoms with Crippen molar-refractivity contribution in [2.75, 3.05) is 6.54 Å². The maximum Gasteiger partial charge on any atom is 0.141 e. The van der Waals surface area contributed by atoms with Crippen molar-refractivity contribution in [3.8, 4) is 11.3 Å². The van der Waals surface area contributed by atoms with E-state index >= 15 is 0 Å². The van der Waals surface area contributed by atoms with Crippen LogP contribution in [0.1, 0.15) is 25.1 Å². The Bertz CT molecular complexity index is 539. The number of nitrogens with two attached hydrogens (primary N) is 1. The number of nitrogens with one attached hydrogen (secondary N) is 1. The summed E-state index contributed by atoms with van der Waals surface area (Å²) in [7, 11) is 0. The van der Waals surface area contributed by atoms with Crippen LogP contribution >= 0.6 is 11.6 Å². The summed E-state index contributed by atoms with van der Waals surface area (Å²) in [6.07, 6.45) is 5.86. The zero-order valence-corrected chi connectivity index (χ0v) is 11.4. The molecule has 0 atom stereocenters. The summed E-state index contributed by atoms with van der Waals surface area (Å²) in [6, 6.07) is 4.65. The molecular formula is C14H17ClFN3. The molecule has 3 nitrogen and oxygen atoms in total. The van der Waals surface area contributed by atoms with Crippen molar-refractivity contribution in [2.45, 2.75) is 25.7 Å². The molecule has 1 aromatic heterocycles. The second kappa shape index (κ2) is 6.68. The standard InChI is InChI=1S/C14H17ClFN3/c15-11-8-10(5-6-12(11)16)13-9-18-14(19-13)4-2-1-3-7-17/h5-6,8-9H,1-4,7,17H2,(H,18,19). The van der Waals surface area contributed by atoms with Gasteiger partial charge in [0.1, 0.15) is 11.6 Å². The van der Waals surface area contributed by atoms with E-state index in [1.54, 1.807) is 18.3 Å². The van der Waals surface area contributed by atoms with Gasteiger partial charge in [-0.15, -0.1) is 0 Å². The lowest BCUT2D eigenvalue weighted by molar-refractivity contribution is 0.628. The van der Waals surface area contributed by atoms with E-state index < -0.39 is 5.82 Å². The lowest BCUT2D eigenvalue weighted by atomic mass is 10.1. The third-order valence-corrected chi connectivity index (χ3v) is 3.27. The number of imidazole rings is 1. The van der Waals surface area contributed by atoms with Crippen molar-refractivity contribution in [3.63, 3.8) is 0 Å². The number of benzene rings is 1. The molecule has 0 fully saturated rings. The Morgan fingerprint density at radius 2 is 2.11 bits per heavy atom. The summed E-state index contributed by atoms with van der Waals surface area (Å²) < 4.78 is 13.1. The molecule has 102 valence electrons. The molecule has 5 heteroatoms. The minimum atomic E-state index is -0.410. The lowest BCUT2D eigenvalue weighted by Gasteiger charge is -2.00. The molecule has 0 spiro atoms. The topological polar surface area (TPSA) is 54.7 Å². The Hall–Kier alpha value is -1.39. The molecule has 0 radical (unpaired) electrons. The third kappa shape index (κ3) is 3.78. The monoisotopic (exact) mass is 281 g/mol. The van der Waals surface area contributed by atoms with Gasteiger partial charge in [0.15, 0.2) is 0 Å². The van der Waals surface area contributed by atoms with Crippen LogP contribution < -0.4 is 5.73 Å². The Labute approximate surface area is 117 Å². The zero-order valence-electron chi connectivity index (χ0n) is 10.6. The number of rotatable bonds is 6. The van der Waals surface area contributed by atoms with Crippen LogP contribution in [0.15, 0.2) is 24.4 Å². The molecule has 0 aliphatic carbocycles. The fraction of sp³-hybridized carbons (Fsp3) is 0.357. The van der Waals surface area contributed by atoms with Crippen molar-refractivity contribution in [1.82, 2.24) is 9.97 Å². The van der Waals surface area contributed by atoms with Crippen LogP contribution in [0.4, 0.5) is 4.39 Å². The molecule has 2 rings (SSSR count). The van der Waals surface area contributed by atoms with Gasteiger partial charge < -0.3 is 10.7 Å². The Morgan fingerprint density at radius 1 is 1.26 bits per heavy atom. The number of unbranched alkanes of at least 4 members (excludes halogenated alkanes) is 2. The van der Waals surface area contributed by atoms with Gasteiger partial charge in [-0.05, 0) is 37.6 Å². The summed E-state index contributed by atoms with van der Waals surface area (Å²) >= 11 is 5.77. The van der Waals surface area contributed by atoms with Crippen LogP contribution in [0.5, 0.6) is 0 Å². The predicted molar refractivity (Wildman–Crippen MR) is 75.6 cm³/mol. The average molecular weight is 282 g/mol. The summed E-state index contributed by atoms with van der Waals surface area (Å²) in [5.41, 5.74) is 7.14. The molecular weight excluding hydrogens is 265 g/mol. The van der Waals surface area contributed by atoms with Gasteiger partial charge in [0.2, 0.25) is 0 Å². The van der Waals surface area contributed by atoms with Gasteiger partial charge in [0, 0.05) is 12.0 Å². The van der Waals surface area contributed by atoms with Gasteiger partial charge >= 0.3 is 0 Å². The largest absolute Gasteiger partial charge is 0.342 e. The number of nitrogens with zero attached hydrogens (tertiary/aromatic N) is 1. The van der Waals surface area contributed by atoms with E-state index in [4.69, 9.17) is 17.3 Å². The first kappa shape index (κ1) is 14.0. The third-order valence-electron chi connectivity index (χ3n) is 2.98. The molecule has 0 unspecified atom stereocenters. The number of aryl methyl sites for hydroxylation is 1. The van der Waals surface area contributed by atoms with Crippen molar-refractivity contribution in [2.24, 2.45) is 5.73 Å². The first-order valence-corrected chi connectivity index (χ1v) is 6.78. The van der Waals surface area contributed by atoms with E-state index in [0.717, 1.165) is 49.3 Å². The SMILES string of the molecule is NCCCCCc1ncc(-c2ccc(F)c(Cl)c2)[nH]1. The Morgan fingerprint density at radius 3 is 2.84 bits per heavy atom. The molecule has 1 heterocycles. The van der Waals surface area contributed by atoms with Crippen molar-refractivity contribution in [3.05, 3.63) is 41.1 Å². The fourth-order valence-electron chi connectivity index (χ4n) is 1.91. The normalized spacial score (nSPS) is 10.9. The van der Waals surface area contributed by atoms with Gasteiger partial charge in [-0.25, -0.2) is 9.37 Å². The summed E-state index contributed by atoms with van der Waals surface area (Å²) in [6.45, 7) is 0.734. The minimum Gasteiger partial charge on any atom is -0.342 e. The smallest absolute Gasteiger partial charge is 0.141 e. The average Bonchev–Trinajstić information content (AvgIpc) is 2.87. The summed E-state index contributed by atoms with van der Waals surface area (Å²) in [4.78, 5) is 7.55. The molecule has 0 saturated heterocycles. The lowest BCUT2D eigenvalue weighted by Crippen LogP contribution is -1.98. The van der Waals surface area contributed by atoms with E-state index in [0.29, 0.717) is 0 Å². The number of hydrogen-bond donors (Lipinski definition) is 2. The van der Waals surface area contributed by atoms with Gasteiger partial charge in [0.25, 0.3) is 0 Å². The number of aromatic nitrogens is 2. The molecule has 0 amide bonds. The maximum atomic E-state index is 13.1. The summed E-state index contributed by atoms with van der Waals surface area (Å²) in [5.74, 6) is 0.527. The molecule has 0 bridgehead atoms. The van der Waals surface area contributed by atoms with E-state index in [1.807, 2.05) is 0 Å². The molecule has 19 heavy (non-hydrogen) atoms. The highest BCUT2D eigenvalue weighted by molar-refractivity contribution is 6.31. The van der Waals surface area contributed by atoms with Crippen molar-refractivity contribution in [1.29, 1.82) is 0 Å². The van der Waals surface area contributed by atoms with Crippen LogP contribution in [0.3, 0.4) is 0 Å². The van der Waals surface area contributed by atoms with E-state index in [-0.39, 0.29) is 5.02 Å². The second-order valence-corrected chi connectivity index (χ2v) is 4.88. The van der Waals surface area contributed by atoms with Crippen LogP contribution in [0.2, 0.25) is 5.02 Å². The summed E-state index contributed by atoms with van der Waals surface area (Å²) in [5, 5.41) is 0.122. The fourth-order valence-corrected chi connectivity index (χ4v) is 2.09. The number of H-pyrrole nitrogens is 1. The molecule has 3 N–H and O–H groups in total. The first-order chi connectivity index (χ1) is 9.20. The van der Waals surface area contributed by atoms with Crippen molar-refractivity contribution >= 4 is 11.6 Å². The van der Waals surface area contributed by atoms with Crippen LogP contribution in [-0.2, 0) is 6.42 Å². The molecule has 0 aliphatic rings. The molecule has 1 aromatic carbocycles. The second-order valence-electron chi connectivity index (χ2n) is 4.47. The van der Waals surface area contributed by atoms with E-state index in [1.165, 1.54) is 6.07 Å². The van der Waals surface area contributed by atoms with Gasteiger partial charge in [0.05, 0.1) is 16.9 Å². The van der Waals surface area contributed by atoms with E-state index in [2.05, 4.69) is 9.97 Å².